The summed E-state index contributed by atoms with van der Waals surface area (Å²) in [5.74, 6) is -2.69. The lowest BCUT2D eigenvalue weighted by Gasteiger charge is -2.23. The Bertz CT molecular complexity index is 965. The molecule has 0 N–H and O–H groups in total. The van der Waals surface area contributed by atoms with Crippen LogP contribution in [-0.4, -0.2) is 54.3 Å². The SMILES string of the molecule is CC(=O)N(c1cc(N2C(=O)[C@@H]3C[C@H](Cl)CN3C2=O)c(F)cc1Cl)S(=O)(=O)CCl. The van der Waals surface area contributed by atoms with Gasteiger partial charge in [-0.3, -0.25) is 9.59 Å². The highest BCUT2D eigenvalue weighted by molar-refractivity contribution is 7.94. The summed E-state index contributed by atoms with van der Waals surface area (Å²) in [5.41, 5.74) is -0.944. The first-order chi connectivity index (χ1) is 13.0. The van der Waals surface area contributed by atoms with Crippen molar-refractivity contribution in [1.82, 2.24) is 4.90 Å². The van der Waals surface area contributed by atoms with Crippen LogP contribution >= 0.6 is 34.8 Å². The quantitative estimate of drug-likeness (QED) is 0.496. The lowest BCUT2D eigenvalue weighted by molar-refractivity contribution is -0.119. The predicted molar refractivity (Wildman–Crippen MR) is 102 cm³/mol. The zero-order valence-corrected chi connectivity index (χ0v) is 17.3. The van der Waals surface area contributed by atoms with Gasteiger partial charge in [-0.1, -0.05) is 11.6 Å². The molecule has 2 fully saturated rings. The fraction of sp³-hybridized carbons (Fsp3) is 0.400. The topological polar surface area (TPSA) is 95.1 Å². The Kier molecular flexibility index (Phi) is 5.52. The Labute approximate surface area is 174 Å². The van der Waals surface area contributed by atoms with E-state index in [2.05, 4.69) is 0 Å². The van der Waals surface area contributed by atoms with E-state index in [9.17, 15) is 27.2 Å². The van der Waals surface area contributed by atoms with Crippen LogP contribution in [0.15, 0.2) is 12.1 Å². The van der Waals surface area contributed by atoms with Crippen LogP contribution in [0.1, 0.15) is 13.3 Å². The number of anilines is 2. The summed E-state index contributed by atoms with van der Waals surface area (Å²) in [6.45, 7) is 1.07. The van der Waals surface area contributed by atoms with Gasteiger partial charge in [-0.15, -0.1) is 23.2 Å². The Hall–Kier alpha value is -1.62. The Morgan fingerprint density at radius 1 is 1.36 bits per heavy atom. The normalized spacial score (nSPS) is 22.0. The van der Waals surface area contributed by atoms with E-state index in [-0.39, 0.29) is 13.0 Å². The van der Waals surface area contributed by atoms with E-state index in [0.29, 0.717) is 9.21 Å². The van der Waals surface area contributed by atoms with Crippen LogP contribution in [0, 0.1) is 5.82 Å². The highest BCUT2D eigenvalue weighted by atomic mass is 35.5. The maximum absolute atomic E-state index is 14.6. The molecular formula is C15H13Cl3FN3O5S. The molecule has 2 saturated heterocycles. The van der Waals surface area contributed by atoms with Gasteiger partial charge in [-0.2, -0.15) is 0 Å². The van der Waals surface area contributed by atoms with E-state index < -0.39 is 66.7 Å². The largest absolute Gasteiger partial charge is 0.332 e. The van der Waals surface area contributed by atoms with E-state index in [4.69, 9.17) is 34.8 Å². The van der Waals surface area contributed by atoms with Crippen molar-refractivity contribution in [2.24, 2.45) is 0 Å². The number of carbonyl (C=O) groups excluding carboxylic acids is 3. The van der Waals surface area contributed by atoms with Crippen molar-refractivity contribution in [3.05, 3.63) is 23.0 Å². The summed E-state index contributed by atoms with van der Waals surface area (Å²) in [7, 11) is -4.31. The molecule has 0 radical (unpaired) electrons. The minimum absolute atomic E-state index is 0.121. The van der Waals surface area contributed by atoms with Crippen LogP contribution in [0.5, 0.6) is 0 Å². The maximum Gasteiger partial charge on any atom is 0.332 e. The second-order valence-electron chi connectivity index (χ2n) is 6.22. The molecule has 0 bridgehead atoms. The first-order valence-electron chi connectivity index (χ1n) is 7.86. The Morgan fingerprint density at radius 2 is 2.00 bits per heavy atom. The molecule has 0 unspecified atom stereocenters. The summed E-state index contributed by atoms with van der Waals surface area (Å²) in [5, 5.41) is -1.75. The lowest BCUT2D eigenvalue weighted by atomic mass is 10.2. The molecule has 0 saturated carbocycles. The molecule has 0 aliphatic carbocycles. The van der Waals surface area contributed by atoms with E-state index in [1.807, 2.05) is 0 Å². The molecule has 2 atom stereocenters. The molecule has 8 nitrogen and oxygen atoms in total. The molecular weight excluding hydrogens is 460 g/mol. The summed E-state index contributed by atoms with van der Waals surface area (Å²) in [6.07, 6.45) is 0.213. The van der Waals surface area contributed by atoms with Gasteiger partial charge in [0.05, 0.1) is 21.8 Å². The number of benzene rings is 1. The van der Waals surface area contributed by atoms with Crippen LogP contribution < -0.4 is 9.21 Å². The summed E-state index contributed by atoms with van der Waals surface area (Å²) >= 11 is 17.3. The van der Waals surface area contributed by atoms with Crippen molar-refractivity contribution in [3.63, 3.8) is 0 Å². The minimum atomic E-state index is -4.31. The number of sulfonamides is 1. The van der Waals surface area contributed by atoms with Crippen molar-refractivity contribution < 1.29 is 27.2 Å². The molecule has 3 rings (SSSR count). The second-order valence-corrected chi connectivity index (χ2v) is 9.64. The zero-order chi connectivity index (χ0) is 21.0. The van der Waals surface area contributed by atoms with Gasteiger partial charge in [0.25, 0.3) is 15.9 Å². The third-order valence-electron chi connectivity index (χ3n) is 4.37. The number of nitrogens with zero attached hydrogens (tertiary/aromatic N) is 3. The molecule has 1 aromatic rings. The third kappa shape index (κ3) is 3.32. The van der Waals surface area contributed by atoms with E-state index in [0.717, 1.165) is 19.1 Å². The summed E-state index contributed by atoms with van der Waals surface area (Å²) in [6, 6.07) is -0.0385. The Balaban J connectivity index is 2.12. The molecule has 4 amide bonds. The van der Waals surface area contributed by atoms with Crippen LogP contribution in [0.2, 0.25) is 5.02 Å². The first-order valence-corrected chi connectivity index (χ1v) is 10.8. The molecule has 2 aliphatic rings. The number of carbonyl (C=O) groups is 3. The van der Waals surface area contributed by atoms with Gasteiger partial charge < -0.3 is 4.90 Å². The highest BCUT2D eigenvalue weighted by Crippen LogP contribution is 2.39. The van der Waals surface area contributed by atoms with Crippen molar-refractivity contribution in [1.29, 1.82) is 0 Å². The molecule has 1 aromatic carbocycles. The number of halogens is 4. The van der Waals surface area contributed by atoms with Crippen molar-refractivity contribution in [3.8, 4) is 0 Å². The van der Waals surface area contributed by atoms with Crippen molar-refractivity contribution in [2.75, 3.05) is 21.0 Å². The number of hydrogen-bond donors (Lipinski definition) is 0. The predicted octanol–water partition coefficient (Wildman–Crippen LogP) is 2.51. The molecule has 2 aliphatic heterocycles. The molecule has 152 valence electrons. The maximum atomic E-state index is 14.6. The lowest BCUT2D eigenvalue weighted by Crippen LogP contribution is -2.37. The zero-order valence-electron chi connectivity index (χ0n) is 14.2. The highest BCUT2D eigenvalue weighted by Gasteiger charge is 2.51. The molecule has 13 heteroatoms. The minimum Gasteiger partial charge on any atom is -0.310 e. The van der Waals surface area contributed by atoms with Gasteiger partial charge in [0, 0.05) is 13.5 Å². The fourth-order valence-electron chi connectivity index (χ4n) is 3.24. The van der Waals surface area contributed by atoms with Gasteiger partial charge in [0.1, 0.15) is 17.1 Å². The Morgan fingerprint density at radius 3 is 2.54 bits per heavy atom. The monoisotopic (exact) mass is 471 g/mol. The van der Waals surface area contributed by atoms with Gasteiger partial charge in [0.2, 0.25) is 5.91 Å². The van der Waals surface area contributed by atoms with Crippen LogP contribution in [0.4, 0.5) is 20.6 Å². The van der Waals surface area contributed by atoms with E-state index in [1.165, 1.54) is 4.90 Å². The van der Waals surface area contributed by atoms with Gasteiger partial charge in [-0.25, -0.2) is 26.8 Å². The molecule has 0 aromatic heterocycles. The van der Waals surface area contributed by atoms with Gasteiger partial charge in [0.15, 0.2) is 0 Å². The smallest absolute Gasteiger partial charge is 0.310 e. The van der Waals surface area contributed by atoms with E-state index >= 15 is 0 Å². The summed E-state index contributed by atoms with van der Waals surface area (Å²) in [4.78, 5) is 39.0. The number of fused-ring (bicyclic) bond motifs is 1. The van der Waals surface area contributed by atoms with Crippen LogP contribution in [0.25, 0.3) is 0 Å². The number of imide groups is 1. The number of hydrogen-bond acceptors (Lipinski definition) is 5. The fourth-order valence-corrected chi connectivity index (χ4v) is 5.08. The average Bonchev–Trinajstić information content (AvgIpc) is 3.08. The number of alkyl halides is 2. The van der Waals surface area contributed by atoms with Gasteiger partial charge >= 0.3 is 6.03 Å². The van der Waals surface area contributed by atoms with Crippen molar-refractivity contribution >= 4 is 74.0 Å². The average molecular weight is 473 g/mol. The number of amides is 4. The van der Waals surface area contributed by atoms with Crippen LogP contribution in [-0.2, 0) is 19.6 Å². The first kappa shape index (κ1) is 21.1. The van der Waals surface area contributed by atoms with Crippen LogP contribution in [0.3, 0.4) is 0 Å². The van der Waals surface area contributed by atoms with Gasteiger partial charge in [-0.05, 0) is 18.6 Å². The van der Waals surface area contributed by atoms with Crippen molar-refractivity contribution in [2.45, 2.75) is 24.8 Å². The molecule has 0 spiro atoms. The standard InChI is InChI=1S/C15H13Cl3FN3O5S/c1-7(23)22(28(26,27)6-16)11-4-12(10(19)3-9(11)18)21-14(24)13-2-8(17)5-20(13)15(21)25/h3-4,8,13H,2,5-6H2,1H3/t8-,13-/m0/s1. The number of urea groups is 1. The third-order valence-corrected chi connectivity index (χ3v) is 7.10. The second kappa shape index (κ2) is 7.33. The molecule has 2 heterocycles. The number of rotatable bonds is 4. The molecule has 28 heavy (non-hydrogen) atoms. The summed E-state index contributed by atoms with van der Waals surface area (Å²) < 4.78 is 39.2. The van der Waals surface area contributed by atoms with E-state index in [1.54, 1.807) is 0 Å².